The summed E-state index contributed by atoms with van der Waals surface area (Å²) in [5.41, 5.74) is 0. The van der Waals surface area contributed by atoms with Gasteiger partial charge < -0.3 is 14.6 Å². The van der Waals surface area contributed by atoms with Gasteiger partial charge in [0.1, 0.15) is 0 Å². The number of esters is 1. The van der Waals surface area contributed by atoms with Crippen molar-refractivity contribution in [3.63, 3.8) is 0 Å². The Morgan fingerprint density at radius 2 is 1.89 bits per heavy atom. The maximum absolute atomic E-state index is 11.7. The van der Waals surface area contributed by atoms with Gasteiger partial charge in [0.15, 0.2) is 6.10 Å². The van der Waals surface area contributed by atoms with Crippen molar-refractivity contribution in [1.82, 2.24) is 0 Å². The third-order valence-corrected chi connectivity index (χ3v) is 6.87. The number of hydrogen-bond acceptors (Lipinski definition) is 6. The fourth-order valence-corrected chi connectivity index (χ4v) is 5.73. The molecule has 0 bridgehead atoms. The Balaban J connectivity index is 2.12. The molecule has 4 unspecified atom stereocenters. The summed E-state index contributed by atoms with van der Waals surface area (Å²) in [6.07, 6.45) is -1.25. The first-order valence-electron chi connectivity index (χ1n) is 6.20. The Kier molecular flexibility index (Phi) is 4.86. The number of hydrogen-bond donors (Lipinski definition) is 1. The number of rotatable bonds is 2. The third kappa shape index (κ3) is 2.66. The average molecular weight is 292 g/mol. The maximum Gasteiger partial charge on any atom is 0.335 e. The number of carbonyl (C=O) groups is 1. The van der Waals surface area contributed by atoms with Crippen molar-refractivity contribution in [3.05, 3.63) is 0 Å². The monoisotopic (exact) mass is 292 g/mol. The van der Waals surface area contributed by atoms with E-state index in [1.165, 1.54) is 7.11 Å². The van der Waals surface area contributed by atoms with Gasteiger partial charge in [-0.25, -0.2) is 4.79 Å². The molecule has 104 valence electrons. The van der Waals surface area contributed by atoms with E-state index in [-0.39, 0.29) is 23.9 Å². The van der Waals surface area contributed by atoms with Gasteiger partial charge >= 0.3 is 5.97 Å². The normalized spacial score (nSPS) is 41.9. The van der Waals surface area contributed by atoms with Crippen LogP contribution >= 0.6 is 23.5 Å². The van der Waals surface area contributed by atoms with Crippen molar-refractivity contribution in [2.45, 2.75) is 36.7 Å². The molecule has 0 spiro atoms. The van der Waals surface area contributed by atoms with E-state index < -0.39 is 12.2 Å². The van der Waals surface area contributed by atoms with Crippen LogP contribution in [0.3, 0.4) is 0 Å². The summed E-state index contributed by atoms with van der Waals surface area (Å²) >= 11 is 3.70. The number of carbonyl (C=O) groups excluding carboxylic acids is 1. The summed E-state index contributed by atoms with van der Waals surface area (Å²) in [6, 6.07) is 0. The number of thioether (sulfide) groups is 2. The van der Waals surface area contributed by atoms with Gasteiger partial charge in [-0.3, -0.25) is 0 Å². The molecule has 5 atom stereocenters. The zero-order chi connectivity index (χ0) is 13.3. The molecule has 2 aliphatic rings. The van der Waals surface area contributed by atoms with Gasteiger partial charge in [0.25, 0.3) is 0 Å². The van der Waals surface area contributed by atoms with Crippen LogP contribution in [0.5, 0.6) is 0 Å². The lowest BCUT2D eigenvalue weighted by Gasteiger charge is -2.43. The van der Waals surface area contributed by atoms with Crippen molar-refractivity contribution >= 4 is 29.5 Å². The van der Waals surface area contributed by atoms with Crippen molar-refractivity contribution in [2.75, 3.05) is 18.6 Å². The molecule has 2 fully saturated rings. The minimum atomic E-state index is -0.645. The van der Waals surface area contributed by atoms with E-state index >= 15 is 0 Å². The molecule has 2 heterocycles. The Morgan fingerprint density at radius 3 is 2.44 bits per heavy atom. The fraction of sp³-hybridized carbons (Fsp3) is 0.917. The number of aliphatic hydroxyl groups is 1. The number of ether oxygens (including phenoxy) is 2. The second-order valence-electron chi connectivity index (χ2n) is 4.86. The second-order valence-corrected chi connectivity index (χ2v) is 7.66. The van der Waals surface area contributed by atoms with Crippen LogP contribution in [-0.4, -0.2) is 52.6 Å². The minimum Gasteiger partial charge on any atom is -0.467 e. The lowest BCUT2D eigenvalue weighted by atomic mass is 9.83. The van der Waals surface area contributed by atoms with E-state index in [9.17, 15) is 9.90 Å². The summed E-state index contributed by atoms with van der Waals surface area (Å²) in [6.45, 7) is 3.84. The van der Waals surface area contributed by atoms with Crippen LogP contribution in [0.4, 0.5) is 0 Å². The summed E-state index contributed by atoms with van der Waals surface area (Å²) in [4.78, 5) is 11.7. The molecule has 2 saturated heterocycles. The molecule has 0 aromatic carbocycles. The van der Waals surface area contributed by atoms with Crippen LogP contribution in [0.1, 0.15) is 13.8 Å². The van der Waals surface area contributed by atoms with Gasteiger partial charge in [-0.2, -0.15) is 0 Å². The standard InChI is InChI=1S/C12H20O4S2/c1-6-8(13)7(2)10(12-17-4-5-18-12)16-9(6)11(14)15-3/h6-10,12-13H,4-5H2,1-3H3/t6?,7?,8-,9?,10?/m0/s1. The Hall–Kier alpha value is 0.0900. The first kappa shape index (κ1) is 14.5. The fourth-order valence-electron chi connectivity index (χ4n) is 2.53. The van der Waals surface area contributed by atoms with Crippen molar-refractivity contribution in [2.24, 2.45) is 11.8 Å². The van der Waals surface area contributed by atoms with Gasteiger partial charge in [0.05, 0.1) is 23.9 Å². The van der Waals surface area contributed by atoms with Crippen LogP contribution in [0.15, 0.2) is 0 Å². The summed E-state index contributed by atoms with van der Waals surface area (Å²) in [5.74, 6) is 1.66. The van der Waals surface area contributed by atoms with E-state index in [1.54, 1.807) is 0 Å². The van der Waals surface area contributed by atoms with Gasteiger partial charge in [-0.1, -0.05) is 13.8 Å². The van der Waals surface area contributed by atoms with Gasteiger partial charge in [-0.15, -0.1) is 23.5 Å². The van der Waals surface area contributed by atoms with Crippen LogP contribution in [0.2, 0.25) is 0 Å². The molecule has 0 radical (unpaired) electrons. The highest BCUT2D eigenvalue weighted by Crippen LogP contribution is 2.43. The Bertz CT molecular complexity index is 306. The van der Waals surface area contributed by atoms with Crippen LogP contribution < -0.4 is 0 Å². The van der Waals surface area contributed by atoms with Crippen molar-refractivity contribution < 1.29 is 19.4 Å². The third-order valence-electron chi connectivity index (χ3n) is 3.73. The number of aliphatic hydroxyl groups excluding tert-OH is 1. The summed E-state index contributed by atoms with van der Waals surface area (Å²) in [5, 5.41) is 10.3. The van der Waals surface area contributed by atoms with Gasteiger partial charge in [0, 0.05) is 23.3 Å². The molecule has 6 heteroatoms. The molecule has 1 N–H and O–H groups in total. The van der Waals surface area contributed by atoms with E-state index in [4.69, 9.17) is 9.47 Å². The van der Waals surface area contributed by atoms with Gasteiger partial charge in [-0.05, 0) is 0 Å². The van der Waals surface area contributed by atoms with E-state index in [1.807, 2.05) is 37.4 Å². The molecule has 4 nitrogen and oxygen atoms in total. The lowest BCUT2D eigenvalue weighted by molar-refractivity contribution is -0.190. The van der Waals surface area contributed by atoms with Crippen LogP contribution in [-0.2, 0) is 14.3 Å². The maximum atomic E-state index is 11.7. The predicted octanol–water partition coefficient (Wildman–Crippen LogP) is 1.37. The molecule has 2 aliphatic heterocycles. The zero-order valence-corrected chi connectivity index (χ0v) is 12.5. The molecule has 18 heavy (non-hydrogen) atoms. The Labute approximate surface area is 116 Å². The summed E-state index contributed by atoms with van der Waals surface area (Å²) < 4.78 is 11.0. The van der Waals surface area contributed by atoms with Gasteiger partial charge in [0.2, 0.25) is 0 Å². The topological polar surface area (TPSA) is 55.8 Å². The predicted molar refractivity (Wildman–Crippen MR) is 73.7 cm³/mol. The molecular weight excluding hydrogens is 272 g/mol. The molecule has 0 aromatic heterocycles. The zero-order valence-electron chi connectivity index (χ0n) is 10.9. The molecule has 0 saturated carbocycles. The first-order chi connectivity index (χ1) is 8.56. The molecular formula is C12H20O4S2. The highest BCUT2D eigenvalue weighted by Gasteiger charge is 2.47. The van der Waals surface area contributed by atoms with Crippen molar-refractivity contribution in [3.8, 4) is 0 Å². The van der Waals surface area contributed by atoms with E-state index in [2.05, 4.69) is 0 Å². The molecule has 0 aliphatic carbocycles. The van der Waals surface area contributed by atoms with Crippen molar-refractivity contribution in [1.29, 1.82) is 0 Å². The second kappa shape index (κ2) is 6.03. The minimum absolute atomic E-state index is 0.0454. The number of methoxy groups -OCH3 is 1. The lowest BCUT2D eigenvalue weighted by Crippen LogP contribution is -2.54. The van der Waals surface area contributed by atoms with Crippen LogP contribution in [0, 0.1) is 11.8 Å². The highest BCUT2D eigenvalue weighted by atomic mass is 32.2. The molecule has 0 amide bonds. The Morgan fingerprint density at radius 1 is 1.28 bits per heavy atom. The van der Waals surface area contributed by atoms with E-state index in [0.29, 0.717) is 4.58 Å². The summed E-state index contributed by atoms with van der Waals surface area (Å²) in [7, 11) is 1.36. The molecule has 0 aromatic rings. The average Bonchev–Trinajstić information content (AvgIpc) is 2.89. The largest absolute Gasteiger partial charge is 0.467 e. The first-order valence-corrected chi connectivity index (χ1v) is 8.30. The highest BCUT2D eigenvalue weighted by molar-refractivity contribution is 8.20. The SMILES string of the molecule is COC(=O)C1OC(C2SCCS2)C(C)[C@@H](O)C1C. The van der Waals surface area contributed by atoms with Crippen LogP contribution in [0.25, 0.3) is 0 Å². The quantitative estimate of drug-likeness (QED) is 0.776. The smallest absolute Gasteiger partial charge is 0.335 e. The van der Waals surface area contributed by atoms with E-state index in [0.717, 1.165) is 11.5 Å². The molecule has 2 rings (SSSR count).